The number of carbonyl (C=O) groups is 1. The Morgan fingerprint density at radius 3 is 2.73 bits per heavy atom. The second-order valence-electron chi connectivity index (χ2n) is 4.04. The van der Waals surface area contributed by atoms with Crippen molar-refractivity contribution in [3.8, 4) is 0 Å². The third kappa shape index (κ3) is 4.01. The van der Waals surface area contributed by atoms with Crippen LogP contribution in [0.15, 0.2) is 0 Å². The molecule has 88 valence electrons. The monoisotopic (exact) mass is 232 g/mol. The van der Waals surface area contributed by atoms with Gasteiger partial charge in [-0.25, -0.2) is 0 Å². The lowest BCUT2D eigenvalue weighted by Gasteiger charge is -2.28. The molecule has 1 fully saturated rings. The fourth-order valence-corrected chi connectivity index (χ4v) is 2.22. The Morgan fingerprint density at radius 1 is 1.67 bits per heavy atom. The Labute approximate surface area is 95.2 Å². The number of hydrogen-bond donors (Lipinski definition) is 3. The van der Waals surface area contributed by atoms with Gasteiger partial charge in [0.2, 0.25) is 5.91 Å². The Balaban J connectivity index is 2.22. The average molecular weight is 232 g/mol. The predicted octanol–water partition coefficient (Wildman–Crippen LogP) is -0.175. The highest BCUT2D eigenvalue weighted by molar-refractivity contribution is 7.99. The molecule has 1 heterocycles. The van der Waals surface area contributed by atoms with Crippen LogP contribution < -0.4 is 10.6 Å². The largest absolute Gasteiger partial charge is 0.395 e. The zero-order chi connectivity index (χ0) is 11.3. The van der Waals surface area contributed by atoms with E-state index >= 15 is 0 Å². The van der Waals surface area contributed by atoms with Gasteiger partial charge in [0.1, 0.15) is 0 Å². The summed E-state index contributed by atoms with van der Waals surface area (Å²) < 4.78 is 0. The molecule has 1 aliphatic rings. The number of carbonyl (C=O) groups excluding carboxylic acids is 1. The van der Waals surface area contributed by atoms with Crippen molar-refractivity contribution in [1.29, 1.82) is 0 Å². The molecule has 2 unspecified atom stereocenters. The number of nitrogens with one attached hydrogen (secondary N) is 2. The van der Waals surface area contributed by atoms with Crippen molar-refractivity contribution in [2.75, 3.05) is 26.0 Å². The van der Waals surface area contributed by atoms with E-state index < -0.39 is 0 Å². The van der Waals surface area contributed by atoms with Crippen molar-refractivity contribution in [3.63, 3.8) is 0 Å². The minimum absolute atomic E-state index is 0.0329. The van der Waals surface area contributed by atoms with Gasteiger partial charge in [0.15, 0.2) is 0 Å². The van der Waals surface area contributed by atoms with Gasteiger partial charge in [-0.05, 0) is 32.2 Å². The van der Waals surface area contributed by atoms with Crippen LogP contribution in [0.25, 0.3) is 0 Å². The minimum Gasteiger partial charge on any atom is -0.395 e. The Kier molecular flexibility index (Phi) is 5.42. The maximum Gasteiger partial charge on any atom is 0.220 e. The molecule has 3 N–H and O–H groups in total. The summed E-state index contributed by atoms with van der Waals surface area (Å²) in [5, 5.41) is 15.2. The van der Waals surface area contributed by atoms with Gasteiger partial charge in [-0.15, -0.1) is 0 Å². The molecule has 2 atom stereocenters. The first-order valence-corrected chi connectivity index (χ1v) is 6.60. The molecule has 0 spiro atoms. The van der Waals surface area contributed by atoms with Crippen molar-refractivity contribution in [3.05, 3.63) is 0 Å². The molecule has 1 saturated heterocycles. The van der Waals surface area contributed by atoms with E-state index in [1.807, 2.05) is 13.2 Å². The Morgan fingerprint density at radius 2 is 2.33 bits per heavy atom. The highest BCUT2D eigenvalue weighted by Crippen LogP contribution is 2.12. The normalized spacial score (nSPS) is 20.5. The van der Waals surface area contributed by atoms with E-state index in [-0.39, 0.29) is 23.8 Å². The zero-order valence-electron chi connectivity index (χ0n) is 9.32. The molecule has 1 aliphatic heterocycles. The summed E-state index contributed by atoms with van der Waals surface area (Å²) in [7, 11) is 0. The van der Waals surface area contributed by atoms with Crippen molar-refractivity contribution < 1.29 is 9.90 Å². The zero-order valence-corrected chi connectivity index (χ0v) is 10.1. The molecule has 0 aromatic heterocycles. The van der Waals surface area contributed by atoms with E-state index in [9.17, 15) is 4.79 Å². The van der Waals surface area contributed by atoms with Gasteiger partial charge in [-0.1, -0.05) is 0 Å². The van der Waals surface area contributed by atoms with Crippen LogP contribution in [-0.2, 0) is 4.79 Å². The second-order valence-corrected chi connectivity index (χ2v) is 5.12. The molecule has 1 amide bonds. The third-order valence-corrected chi connectivity index (χ3v) is 3.93. The molecular weight excluding hydrogens is 212 g/mol. The van der Waals surface area contributed by atoms with Crippen LogP contribution in [0.5, 0.6) is 0 Å². The average Bonchev–Trinajstić information content (AvgIpc) is 2.13. The van der Waals surface area contributed by atoms with Gasteiger partial charge in [-0.2, -0.15) is 11.8 Å². The van der Waals surface area contributed by atoms with Gasteiger partial charge in [0, 0.05) is 17.7 Å². The molecule has 15 heavy (non-hydrogen) atoms. The third-order valence-electron chi connectivity index (χ3n) is 2.77. The van der Waals surface area contributed by atoms with Crippen LogP contribution in [0.3, 0.4) is 0 Å². The quantitative estimate of drug-likeness (QED) is 0.595. The van der Waals surface area contributed by atoms with E-state index in [0.717, 1.165) is 13.1 Å². The Bertz CT molecular complexity index is 206. The first-order valence-electron chi connectivity index (χ1n) is 5.31. The van der Waals surface area contributed by atoms with Crippen molar-refractivity contribution in [2.45, 2.75) is 24.6 Å². The van der Waals surface area contributed by atoms with E-state index in [1.165, 1.54) is 0 Å². The summed E-state index contributed by atoms with van der Waals surface area (Å²) in [6.45, 7) is 3.95. The number of rotatable bonds is 6. The molecule has 0 aromatic carbocycles. The topological polar surface area (TPSA) is 61.4 Å². The maximum absolute atomic E-state index is 11.6. The van der Waals surface area contributed by atoms with Crippen LogP contribution >= 0.6 is 11.8 Å². The van der Waals surface area contributed by atoms with Crippen molar-refractivity contribution in [1.82, 2.24) is 10.6 Å². The van der Waals surface area contributed by atoms with Gasteiger partial charge < -0.3 is 15.7 Å². The van der Waals surface area contributed by atoms with Crippen LogP contribution in [0, 0.1) is 5.92 Å². The lowest BCUT2D eigenvalue weighted by atomic mass is 9.99. The molecule has 5 heteroatoms. The van der Waals surface area contributed by atoms with Crippen LogP contribution in [0.2, 0.25) is 0 Å². The molecule has 0 saturated carbocycles. The first kappa shape index (κ1) is 12.8. The summed E-state index contributed by atoms with van der Waals surface area (Å²) in [6.07, 6.45) is 2.54. The van der Waals surface area contributed by atoms with Crippen molar-refractivity contribution >= 4 is 17.7 Å². The number of aliphatic hydroxyl groups excluding tert-OH is 1. The summed E-state index contributed by atoms with van der Waals surface area (Å²) in [4.78, 5) is 11.6. The number of aliphatic hydroxyl groups is 1. The highest BCUT2D eigenvalue weighted by atomic mass is 32.2. The molecule has 4 nitrogen and oxygen atoms in total. The molecule has 0 aliphatic carbocycles. The van der Waals surface area contributed by atoms with E-state index in [0.29, 0.717) is 12.3 Å². The van der Waals surface area contributed by atoms with E-state index in [4.69, 9.17) is 5.11 Å². The van der Waals surface area contributed by atoms with Crippen LogP contribution in [0.1, 0.15) is 13.3 Å². The molecule has 0 bridgehead atoms. The molecule has 0 radical (unpaired) electrons. The summed E-state index contributed by atoms with van der Waals surface area (Å²) in [5.41, 5.74) is 0. The number of hydrogen-bond acceptors (Lipinski definition) is 4. The smallest absolute Gasteiger partial charge is 0.220 e. The fourth-order valence-electron chi connectivity index (χ4n) is 1.60. The summed E-state index contributed by atoms with van der Waals surface area (Å²) in [5.74, 6) is 0.598. The van der Waals surface area contributed by atoms with Gasteiger partial charge >= 0.3 is 0 Å². The highest BCUT2D eigenvalue weighted by Gasteiger charge is 2.22. The van der Waals surface area contributed by atoms with Crippen molar-refractivity contribution in [2.24, 2.45) is 5.92 Å². The van der Waals surface area contributed by atoms with E-state index in [2.05, 4.69) is 10.6 Å². The minimum atomic E-state index is 0.0329. The maximum atomic E-state index is 11.6. The van der Waals surface area contributed by atoms with Crippen LogP contribution in [-0.4, -0.2) is 48.3 Å². The SMILES string of the molecule is CSC(CO)C(C)NC(=O)CC1CNC1. The lowest BCUT2D eigenvalue weighted by molar-refractivity contribution is -0.123. The molecular formula is C10H20N2O2S. The molecule has 1 rings (SSSR count). The Hall–Kier alpha value is -0.260. The summed E-state index contributed by atoms with van der Waals surface area (Å²) in [6, 6.07) is 0.0329. The summed E-state index contributed by atoms with van der Waals surface area (Å²) >= 11 is 1.58. The number of thioether (sulfide) groups is 1. The first-order chi connectivity index (χ1) is 7.17. The van der Waals surface area contributed by atoms with Gasteiger partial charge in [0.25, 0.3) is 0 Å². The van der Waals surface area contributed by atoms with E-state index in [1.54, 1.807) is 11.8 Å². The molecule has 0 aromatic rings. The van der Waals surface area contributed by atoms with Gasteiger partial charge in [-0.3, -0.25) is 4.79 Å². The van der Waals surface area contributed by atoms with Crippen LogP contribution in [0.4, 0.5) is 0 Å². The lowest BCUT2D eigenvalue weighted by Crippen LogP contribution is -2.47. The fraction of sp³-hybridized carbons (Fsp3) is 0.900. The standard InChI is InChI=1S/C10H20N2O2S/c1-7(9(6-13)15-2)12-10(14)3-8-4-11-5-8/h7-9,11,13H,3-6H2,1-2H3,(H,12,14). The van der Waals surface area contributed by atoms with Gasteiger partial charge in [0.05, 0.1) is 6.61 Å². The number of amides is 1. The predicted molar refractivity (Wildman–Crippen MR) is 63.0 cm³/mol. The second kappa shape index (κ2) is 6.35.